The molecule has 3 saturated heterocycles. The van der Waals surface area contributed by atoms with Gasteiger partial charge < -0.3 is 25.0 Å². The molecule has 3 aliphatic rings. The Bertz CT molecular complexity index is 2570. The van der Waals surface area contributed by atoms with Gasteiger partial charge in [-0.05, 0) is 58.7 Å². The van der Waals surface area contributed by atoms with E-state index < -0.39 is 6.10 Å². The van der Waals surface area contributed by atoms with E-state index in [2.05, 4.69) is 39.7 Å². The molecule has 328 valence electrons. The van der Waals surface area contributed by atoms with E-state index in [9.17, 15) is 5.11 Å². The van der Waals surface area contributed by atoms with Crippen molar-refractivity contribution in [3.8, 4) is 0 Å². The van der Waals surface area contributed by atoms with Gasteiger partial charge in [-0.15, -0.1) is 0 Å². The van der Waals surface area contributed by atoms with Crippen molar-refractivity contribution in [3.05, 3.63) is 197 Å². The van der Waals surface area contributed by atoms with Crippen LogP contribution in [0.25, 0.3) is 9.69 Å². The van der Waals surface area contributed by atoms with Crippen LogP contribution in [0.3, 0.4) is 0 Å². The summed E-state index contributed by atoms with van der Waals surface area (Å²) >= 11 is 36.9. The predicted molar refractivity (Wildman–Crippen MR) is 260 cm³/mol. The molecule has 4 aromatic carbocycles. The van der Waals surface area contributed by atoms with Gasteiger partial charge in [0.2, 0.25) is 0 Å². The Morgan fingerprint density at radius 2 is 1.12 bits per heavy atom. The Balaban J connectivity index is 0.000000162. The van der Waals surface area contributed by atoms with Gasteiger partial charge in [0, 0.05) is 68.3 Å². The smallest absolute Gasteiger partial charge is 0.187 e. The summed E-state index contributed by atoms with van der Waals surface area (Å²) in [4.78, 5) is 22.2. The normalized spacial score (nSPS) is 18.6. The van der Waals surface area contributed by atoms with Gasteiger partial charge in [0.15, 0.2) is 11.4 Å². The molecule has 64 heavy (non-hydrogen) atoms. The molecular formula is C48H42Cl6N8O2. The molecule has 0 amide bonds. The molecule has 0 saturated carbocycles. The van der Waals surface area contributed by atoms with Crippen molar-refractivity contribution in [2.45, 2.75) is 24.3 Å². The van der Waals surface area contributed by atoms with E-state index in [-0.39, 0.29) is 12.1 Å². The third-order valence-corrected chi connectivity index (χ3v) is 12.4. The van der Waals surface area contributed by atoms with Crippen LogP contribution in [0.5, 0.6) is 0 Å². The van der Waals surface area contributed by atoms with E-state index in [1.807, 2.05) is 84.9 Å². The molecule has 0 unspecified atom stereocenters. The number of rotatable bonds is 8. The summed E-state index contributed by atoms with van der Waals surface area (Å²) in [6.07, 6.45) is 2.88. The first-order valence-electron chi connectivity index (χ1n) is 20.3. The van der Waals surface area contributed by atoms with Crippen LogP contribution >= 0.6 is 69.6 Å². The van der Waals surface area contributed by atoms with E-state index in [4.69, 9.17) is 87.5 Å². The number of epoxide rings is 1. The summed E-state index contributed by atoms with van der Waals surface area (Å²) in [5.41, 5.74) is 5.49. The van der Waals surface area contributed by atoms with Gasteiger partial charge in [-0.1, -0.05) is 142 Å². The Labute approximate surface area is 403 Å². The van der Waals surface area contributed by atoms with Crippen LogP contribution in [0.1, 0.15) is 46.5 Å². The number of nitrogens with one attached hydrogen (secondary N) is 1. The van der Waals surface area contributed by atoms with Crippen LogP contribution in [0.15, 0.2) is 122 Å². The fraction of sp³-hybridized carbons (Fsp3) is 0.250. The molecule has 9 rings (SSSR count). The number of benzene rings is 4. The molecule has 2 N–H and O–H groups in total. The van der Waals surface area contributed by atoms with Gasteiger partial charge in [-0.25, -0.2) is 19.7 Å². The molecule has 0 aliphatic carbocycles. The van der Waals surface area contributed by atoms with Crippen molar-refractivity contribution >= 4 is 92.6 Å². The number of aliphatic hydroxyl groups is 1. The number of ether oxygens (including phenoxy) is 1. The van der Waals surface area contributed by atoms with Crippen molar-refractivity contribution < 1.29 is 9.84 Å². The minimum Gasteiger partial charge on any atom is -0.387 e. The lowest BCUT2D eigenvalue weighted by atomic mass is 10.0. The van der Waals surface area contributed by atoms with Crippen molar-refractivity contribution in [1.82, 2.24) is 20.2 Å². The third kappa shape index (κ3) is 12.6. The Hall–Kier alpha value is -4.66. The molecule has 5 heterocycles. The number of anilines is 2. The molecule has 16 heteroatoms. The van der Waals surface area contributed by atoms with Gasteiger partial charge in [0.05, 0.1) is 58.0 Å². The average molecular weight is 976 g/mol. The topological polar surface area (TPSA) is 89.0 Å². The average Bonchev–Trinajstić information content (AvgIpc) is 4.17. The molecule has 2 aromatic heterocycles. The standard InChI is InChI=1S/C24H21Cl3N4O.C15H14Cl3N3.C9H7NO/c1-28-20-8-4-17(5-9-20)23(32)15-30-10-11-31(24-21(27)12-19(26)13-29-24)22(14-30)16-2-6-18(25)7-3-16;16-11-3-1-10(2-4-11)14-9-19-5-6-21(14)15-13(18)7-12(17)8-20-15;1-10-8-4-2-7(3-5-8)9-6-11-9/h2-9,12-13,22-23,32H,10-11,14-15H2;1-4,7-8,14,19H,5-6,9H2;2-5,9H,6H2/t22-,23+;14-;9-/m001/s1. The second-order valence-electron chi connectivity index (χ2n) is 15.1. The number of hydrogen-bond acceptors (Lipinski definition) is 8. The maximum Gasteiger partial charge on any atom is 0.187 e. The highest BCUT2D eigenvalue weighted by atomic mass is 35.5. The second-order valence-corrected chi connectivity index (χ2v) is 17.7. The Morgan fingerprint density at radius 3 is 1.62 bits per heavy atom. The van der Waals surface area contributed by atoms with Gasteiger partial charge in [0.1, 0.15) is 17.7 Å². The zero-order valence-electron chi connectivity index (χ0n) is 34.3. The largest absolute Gasteiger partial charge is 0.387 e. The summed E-state index contributed by atoms with van der Waals surface area (Å²) in [6.45, 7) is 19.8. The monoisotopic (exact) mass is 972 g/mol. The highest BCUT2D eigenvalue weighted by Crippen LogP contribution is 2.37. The van der Waals surface area contributed by atoms with Crippen LogP contribution < -0.4 is 15.1 Å². The second kappa shape index (κ2) is 22.5. The highest BCUT2D eigenvalue weighted by Gasteiger charge is 2.32. The summed E-state index contributed by atoms with van der Waals surface area (Å²) in [5.74, 6) is 1.45. The van der Waals surface area contributed by atoms with Gasteiger partial charge in [-0.2, -0.15) is 0 Å². The number of pyridine rings is 2. The fourth-order valence-corrected chi connectivity index (χ4v) is 8.76. The molecule has 10 nitrogen and oxygen atoms in total. The lowest BCUT2D eigenvalue weighted by molar-refractivity contribution is 0.100. The maximum atomic E-state index is 10.8. The first kappa shape index (κ1) is 47.3. The van der Waals surface area contributed by atoms with E-state index in [0.29, 0.717) is 68.0 Å². The minimum atomic E-state index is -0.649. The summed E-state index contributed by atoms with van der Waals surface area (Å²) < 4.78 is 5.09. The van der Waals surface area contributed by atoms with Crippen molar-refractivity contribution in [2.24, 2.45) is 0 Å². The number of nitrogens with zero attached hydrogens (tertiary/aromatic N) is 7. The lowest BCUT2D eigenvalue weighted by Crippen LogP contribution is -2.49. The van der Waals surface area contributed by atoms with Crippen molar-refractivity contribution in [2.75, 3.05) is 62.2 Å². The Morgan fingerprint density at radius 1 is 0.641 bits per heavy atom. The number of aromatic nitrogens is 2. The molecular weight excluding hydrogens is 933 g/mol. The number of aliphatic hydroxyl groups excluding tert-OH is 1. The maximum absolute atomic E-state index is 10.8. The number of piperazine rings is 2. The quantitative estimate of drug-likeness (QED) is 0.115. The van der Waals surface area contributed by atoms with E-state index in [1.54, 1.807) is 36.7 Å². The lowest BCUT2D eigenvalue weighted by Gasteiger charge is -2.43. The van der Waals surface area contributed by atoms with Gasteiger partial charge >= 0.3 is 0 Å². The molecule has 3 aliphatic heterocycles. The van der Waals surface area contributed by atoms with Crippen LogP contribution in [-0.4, -0.2) is 72.4 Å². The molecule has 0 spiro atoms. The third-order valence-electron chi connectivity index (χ3n) is 10.9. The van der Waals surface area contributed by atoms with Crippen molar-refractivity contribution in [3.63, 3.8) is 0 Å². The summed E-state index contributed by atoms with van der Waals surface area (Å²) in [7, 11) is 0. The molecule has 6 aromatic rings. The molecule has 0 radical (unpaired) electrons. The Kier molecular flexibility index (Phi) is 16.6. The zero-order valence-corrected chi connectivity index (χ0v) is 38.8. The number of halogens is 6. The minimum absolute atomic E-state index is 0.0242. The van der Waals surface area contributed by atoms with Crippen LogP contribution in [-0.2, 0) is 4.74 Å². The molecule has 3 fully saturated rings. The molecule has 0 bridgehead atoms. The number of hydrogen-bond donors (Lipinski definition) is 2. The first-order valence-corrected chi connectivity index (χ1v) is 22.6. The SMILES string of the molecule is Clc1ccc([C@@H]2CNCCN2c2ncc(Cl)cc2Cl)cc1.[C-]#[N+]c1ccc([C@H](O)CN2CCN(c3ncc(Cl)cc3Cl)[C@H](c3ccc(Cl)cc3)C2)cc1.[C-]#[N+]c1ccc([C@H]2CO2)cc1. The fourth-order valence-electron chi connectivity index (χ4n) is 7.53. The van der Waals surface area contributed by atoms with Gasteiger partial charge in [0.25, 0.3) is 0 Å². The summed E-state index contributed by atoms with van der Waals surface area (Å²) in [5, 5.41) is 17.7. The van der Waals surface area contributed by atoms with E-state index >= 15 is 0 Å². The highest BCUT2D eigenvalue weighted by molar-refractivity contribution is 6.36. The summed E-state index contributed by atoms with van der Waals surface area (Å²) in [6, 6.07) is 33.8. The van der Waals surface area contributed by atoms with Crippen LogP contribution in [0.2, 0.25) is 30.1 Å². The predicted octanol–water partition coefficient (Wildman–Crippen LogP) is 12.7. The molecule has 4 atom stereocenters. The van der Waals surface area contributed by atoms with Gasteiger partial charge in [-0.3, -0.25) is 4.90 Å². The van der Waals surface area contributed by atoms with Crippen molar-refractivity contribution in [1.29, 1.82) is 0 Å². The first-order chi connectivity index (χ1) is 31.0. The van der Waals surface area contributed by atoms with Crippen LogP contribution in [0.4, 0.5) is 23.0 Å². The zero-order chi connectivity index (χ0) is 45.2. The van der Waals surface area contributed by atoms with E-state index in [1.165, 1.54) is 11.1 Å². The van der Waals surface area contributed by atoms with E-state index in [0.717, 1.165) is 54.8 Å². The number of β-amino-alcohol motifs (C(OH)–C–C–N with tert-alkyl or cyclic N) is 1. The van der Waals surface area contributed by atoms with Crippen LogP contribution in [0, 0.1) is 13.1 Å².